The molecule has 0 spiro atoms. The van der Waals surface area contributed by atoms with Crippen LogP contribution in [0.15, 0.2) is 16.6 Å². The van der Waals surface area contributed by atoms with Crippen LogP contribution in [0.4, 0.5) is 14.5 Å². The van der Waals surface area contributed by atoms with E-state index in [0.29, 0.717) is 12.8 Å². The molecular weight excluding hydrogens is 318 g/mol. The molecule has 1 amide bonds. The van der Waals surface area contributed by atoms with Crippen LogP contribution in [0.25, 0.3) is 0 Å². The number of nitrogens with zero attached hydrogens (tertiary/aromatic N) is 1. The number of rotatable bonds is 2. The minimum Gasteiger partial charge on any atom is -0.322 e. The van der Waals surface area contributed by atoms with Gasteiger partial charge in [-0.2, -0.15) is 5.26 Å². The average molecular weight is 329 g/mol. The number of halogens is 3. The highest BCUT2D eigenvalue weighted by Gasteiger charge is 2.41. The molecule has 0 saturated heterocycles. The van der Waals surface area contributed by atoms with E-state index in [9.17, 15) is 13.6 Å². The Morgan fingerprint density at radius 1 is 1.32 bits per heavy atom. The molecule has 19 heavy (non-hydrogen) atoms. The normalized spacial score (nSPS) is 16.9. The lowest BCUT2D eigenvalue weighted by atomic mass is 9.87. The SMILES string of the molecule is N#CC1(C(=O)Nc2cc(F)c(Br)cc2F)CCCC1. The highest BCUT2D eigenvalue weighted by Crippen LogP contribution is 2.38. The highest BCUT2D eigenvalue weighted by molar-refractivity contribution is 9.10. The van der Waals surface area contributed by atoms with Crippen molar-refractivity contribution in [3.05, 3.63) is 28.2 Å². The summed E-state index contributed by atoms with van der Waals surface area (Å²) in [5, 5.41) is 11.5. The molecule has 1 aliphatic rings. The summed E-state index contributed by atoms with van der Waals surface area (Å²) in [7, 11) is 0. The summed E-state index contributed by atoms with van der Waals surface area (Å²) < 4.78 is 26.9. The van der Waals surface area contributed by atoms with E-state index in [2.05, 4.69) is 21.2 Å². The summed E-state index contributed by atoms with van der Waals surface area (Å²) in [4.78, 5) is 12.1. The summed E-state index contributed by atoms with van der Waals surface area (Å²) in [5.41, 5.74) is -1.36. The fourth-order valence-corrected chi connectivity index (χ4v) is 2.54. The van der Waals surface area contributed by atoms with Crippen LogP contribution >= 0.6 is 15.9 Å². The summed E-state index contributed by atoms with van der Waals surface area (Å²) in [5.74, 6) is -1.98. The molecule has 1 fully saturated rings. The first kappa shape index (κ1) is 13.9. The molecular formula is C13H11BrF2N2O. The maximum absolute atomic E-state index is 13.6. The van der Waals surface area contributed by atoms with Gasteiger partial charge in [-0.3, -0.25) is 4.79 Å². The van der Waals surface area contributed by atoms with Gasteiger partial charge in [-0.05, 0) is 34.8 Å². The molecule has 0 unspecified atom stereocenters. The van der Waals surface area contributed by atoms with Gasteiger partial charge in [0.15, 0.2) is 0 Å². The molecule has 0 heterocycles. The first-order chi connectivity index (χ1) is 8.98. The van der Waals surface area contributed by atoms with Crippen LogP contribution in [0.1, 0.15) is 25.7 Å². The third-order valence-corrected chi connectivity index (χ3v) is 3.97. The van der Waals surface area contributed by atoms with Crippen LogP contribution < -0.4 is 5.32 Å². The van der Waals surface area contributed by atoms with Crippen LogP contribution in [-0.2, 0) is 4.79 Å². The molecule has 2 rings (SSSR count). The predicted octanol–water partition coefficient (Wildman–Crippen LogP) is 3.75. The minimum atomic E-state index is -1.12. The molecule has 3 nitrogen and oxygen atoms in total. The molecule has 1 saturated carbocycles. The first-order valence-electron chi connectivity index (χ1n) is 5.86. The Bertz CT molecular complexity index is 562. The molecule has 1 N–H and O–H groups in total. The lowest BCUT2D eigenvalue weighted by Gasteiger charge is -2.19. The molecule has 0 atom stereocenters. The number of carbonyl (C=O) groups is 1. The molecule has 1 aliphatic carbocycles. The van der Waals surface area contributed by atoms with Crippen molar-refractivity contribution < 1.29 is 13.6 Å². The Kier molecular flexibility index (Phi) is 3.85. The number of benzene rings is 1. The van der Waals surface area contributed by atoms with Gasteiger partial charge in [0.2, 0.25) is 5.91 Å². The average Bonchev–Trinajstić information content (AvgIpc) is 2.86. The zero-order valence-electron chi connectivity index (χ0n) is 9.97. The van der Waals surface area contributed by atoms with Crippen molar-refractivity contribution in [1.29, 1.82) is 5.26 Å². The number of hydrogen-bond donors (Lipinski definition) is 1. The van der Waals surface area contributed by atoms with E-state index in [0.717, 1.165) is 25.0 Å². The standard InChI is InChI=1S/C13H11BrF2N2O/c14-8-5-10(16)11(6-9(8)15)18-12(19)13(7-17)3-1-2-4-13/h5-6H,1-4H2,(H,18,19). The van der Waals surface area contributed by atoms with Gasteiger partial charge >= 0.3 is 0 Å². The lowest BCUT2D eigenvalue weighted by molar-refractivity contribution is -0.122. The molecule has 1 aromatic carbocycles. The predicted molar refractivity (Wildman–Crippen MR) is 69.2 cm³/mol. The van der Waals surface area contributed by atoms with E-state index in [4.69, 9.17) is 5.26 Å². The van der Waals surface area contributed by atoms with Gasteiger partial charge in [-0.1, -0.05) is 12.8 Å². The first-order valence-corrected chi connectivity index (χ1v) is 6.65. The monoisotopic (exact) mass is 328 g/mol. The van der Waals surface area contributed by atoms with E-state index in [1.165, 1.54) is 0 Å². The van der Waals surface area contributed by atoms with Gasteiger partial charge in [0.25, 0.3) is 0 Å². The highest BCUT2D eigenvalue weighted by atomic mass is 79.9. The maximum Gasteiger partial charge on any atom is 0.244 e. The second-order valence-corrected chi connectivity index (χ2v) is 5.46. The molecule has 0 aliphatic heterocycles. The molecule has 1 aromatic rings. The van der Waals surface area contributed by atoms with E-state index in [1.54, 1.807) is 0 Å². The van der Waals surface area contributed by atoms with Crippen molar-refractivity contribution in [2.24, 2.45) is 5.41 Å². The van der Waals surface area contributed by atoms with Crippen LogP contribution in [0.5, 0.6) is 0 Å². The van der Waals surface area contributed by atoms with Crippen LogP contribution in [-0.4, -0.2) is 5.91 Å². The Hall–Kier alpha value is -1.48. The van der Waals surface area contributed by atoms with Gasteiger partial charge in [-0.15, -0.1) is 0 Å². The Morgan fingerprint density at radius 2 is 1.95 bits per heavy atom. The summed E-state index contributed by atoms with van der Waals surface area (Å²) in [6, 6.07) is 3.85. The number of carbonyl (C=O) groups excluding carboxylic acids is 1. The second kappa shape index (κ2) is 5.25. The third-order valence-electron chi connectivity index (χ3n) is 3.36. The van der Waals surface area contributed by atoms with Crippen molar-refractivity contribution in [2.45, 2.75) is 25.7 Å². The fourth-order valence-electron chi connectivity index (χ4n) is 2.23. The molecule has 6 heteroatoms. The van der Waals surface area contributed by atoms with Crippen molar-refractivity contribution in [3.8, 4) is 6.07 Å². The van der Waals surface area contributed by atoms with Crippen LogP contribution in [0.3, 0.4) is 0 Å². The van der Waals surface area contributed by atoms with Crippen molar-refractivity contribution >= 4 is 27.5 Å². The quantitative estimate of drug-likeness (QED) is 0.840. The maximum atomic E-state index is 13.6. The molecule has 100 valence electrons. The van der Waals surface area contributed by atoms with Crippen molar-refractivity contribution in [2.75, 3.05) is 5.32 Å². The molecule has 0 aromatic heterocycles. The second-order valence-electron chi connectivity index (χ2n) is 4.60. The largest absolute Gasteiger partial charge is 0.322 e. The van der Waals surface area contributed by atoms with Crippen LogP contribution in [0.2, 0.25) is 0 Å². The van der Waals surface area contributed by atoms with E-state index in [1.807, 2.05) is 6.07 Å². The number of hydrogen-bond acceptors (Lipinski definition) is 2. The van der Waals surface area contributed by atoms with Crippen molar-refractivity contribution in [3.63, 3.8) is 0 Å². The van der Waals surface area contributed by atoms with Gasteiger partial charge < -0.3 is 5.32 Å². The molecule has 0 radical (unpaired) electrons. The van der Waals surface area contributed by atoms with Gasteiger partial charge in [0.05, 0.1) is 16.2 Å². The number of amides is 1. The fraction of sp³-hybridized carbons (Fsp3) is 0.385. The Morgan fingerprint density at radius 3 is 2.53 bits per heavy atom. The van der Waals surface area contributed by atoms with Crippen LogP contribution in [0, 0.1) is 28.4 Å². The lowest BCUT2D eigenvalue weighted by Crippen LogP contribution is -2.32. The summed E-state index contributed by atoms with van der Waals surface area (Å²) in [6.45, 7) is 0. The summed E-state index contributed by atoms with van der Waals surface area (Å²) in [6.07, 6.45) is 2.49. The van der Waals surface area contributed by atoms with E-state index in [-0.39, 0.29) is 10.2 Å². The zero-order chi connectivity index (χ0) is 14.0. The number of nitrogens with one attached hydrogen (secondary N) is 1. The number of nitriles is 1. The molecule has 0 bridgehead atoms. The Labute approximate surface area is 117 Å². The van der Waals surface area contributed by atoms with E-state index < -0.39 is 23.0 Å². The number of anilines is 1. The van der Waals surface area contributed by atoms with E-state index >= 15 is 0 Å². The minimum absolute atomic E-state index is 0.0149. The zero-order valence-corrected chi connectivity index (χ0v) is 11.6. The van der Waals surface area contributed by atoms with Gasteiger partial charge in [0, 0.05) is 6.07 Å². The third kappa shape index (κ3) is 2.61. The van der Waals surface area contributed by atoms with Gasteiger partial charge in [0.1, 0.15) is 17.0 Å². The Balaban J connectivity index is 2.24. The summed E-state index contributed by atoms with van der Waals surface area (Å²) >= 11 is 2.86. The topological polar surface area (TPSA) is 52.9 Å². The van der Waals surface area contributed by atoms with Gasteiger partial charge in [-0.25, -0.2) is 8.78 Å². The van der Waals surface area contributed by atoms with Crippen molar-refractivity contribution in [1.82, 2.24) is 0 Å². The smallest absolute Gasteiger partial charge is 0.244 e.